The summed E-state index contributed by atoms with van der Waals surface area (Å²) in [6.07, 6.45) is 2.25. The van der Waals surface area contributed by atoms with E-state index in [9.17, 15) is 4.79 Å². The van der Waals surface area contributed by atoms with Crippen molar-refractivity contribution in [3.8, 4) is 0 Å². The molecular weight excluding hydrogens is 296 g/mol. The molecule has 0 spiro atoms. The molecule has 1 saturated carbocycles. The van der Waals surface area contributed by atoms with Crippen LogP contribution in [-0.2, 0) is 0 Å². The Labute approximate surface area is 131 Å². The van der Waals surface area contributed by atoms with Gasteiger partial charge >= 0.3 is 0 Å². The number of carbonyl (C=O) groups is 1. The van der Waals surface area contributed by atoms with Gasteiger partial charge in [0.25, 0.3) is 5.22 Å². The highest BCUT2D eigenvalue weighted by atomic mass is 32.2. The van der Waals surface area contributed by atoms with Gasteiger partial charge < -0.3 is 4.42 Å². The van der Waals surface area contributed by atoms with Gasteiger partial charge in [-0.3, -0.25) is 4.79 Å². The standard InChI is InChI=1S/C17H14N2O2S/c20-15(10-22-17-19-18-16(21-17)12-6-7-12)14-8-5-11-3-1-2-4-13(11)9-14/h1-5,8-9,12H,6-7,10H2. The average Bonchev–Trinajstić information content (AvgIpc) is 3.31. The van der Waals surface area contributed by atoms with Crippen LogP contribution in [0.2, 0.25) is 0 Å². The minimum absolute atomic E-state index is 0.0712. The third-order valence-electron chi connectivity index (χ3n) is 3.75. The van der Waals surface area contributed by atoms with Crippen molar-refractivity contribution in [3.63, 3.8) is 0 Å². The van der Waals surface area contributed by atoms with Gasteiger partial charge in [0.1, 0.15) is 0 Å². The predicted octanol–water partition coefficient (Wildman–Crippen LogP) is 4.08. The first kappa shape index (κ1) is 13.5. The number of rotatable bonds is 5. The summed E-state index contributed by atoms with van der Waals surface area (Å²) in [6.45, 7) is 0. The monoisotopic (exact) mass is 310 g/mol. The summed E-state index contributed by atoms with van der Waals surface area (Å²) < 4.78 is 5.55. The molecule has 1 aliphatic carbocycles. The summed E-state index contributed by atoms with van der Waals surface area (Å²) in [7, 11) is 0. The Balaban J connectivity index is 1.45. The molecule has 2 aromatic carbocycles. The molecule has 0 bridgehead atoms. The van der Waals surface area contributed by atoms with E-state index in [2.05, 4.69) is 10.2 Å². The van der Waals surface area contributed by atoms with E-state index in [1.165, 1.54) is 11.8 Å². The molecule has 0 radical (unpaired) electrons. The number of hydrogen-bond donors (Lipinski definition) is 0. The van der Waals surface area contributed by atoms with E-state index in [0.717, 1.165) is 23.6 Å². The number of carbonyl (C=O) groups excluding carboxylic acids is 1. The second-order valence-electron chi connectivity index (χ2n) is 5.45. The molecule has 0 N–H and O–H groups in total. The fourth-order valence-corrected chi connectivity index (χ4v) is 3.01. The molecule has 0 atom stereocenters. The summed E-state index contributed by atoms with van der Waals surface area (Å²) >= 11 is 1.30. The molecule has 1 aromatic heterocycles. The lowest BCUT2D eigenvalue weighted by Crippen LogP contribution is -2.02. The van der Waals surface area contributed by atoms with Crippen LogP contribution in [0.4, 0.5) is 0 Å². The third-order valence-corrected chi connectivity index (χ3v) is 4.57. The Kier molecular flexibility index (Phi) is 3.42. The molecule has 0 amide bonds. The highest BCUT2D eigenvalue weighted by Gasteiger charge is 2.29. The Morgan fingerprint density at radius 2 is 1.95 bits per heavy atom. The Bertz CT molecular complexity index is 839. The highest BCUT2D eigenvalue weighted by molar-refractivity contribution is 7.99. The van der Waals surface area contributed by atoms with Gasteiger partial charge in [-0.1, -0.05) is 48.2 Å². The van der Waals surface area contributed by atoms with E-state index in [1.54, 1.807) is 0 Å². The third kappa shape index (κ3) is 2.76. The van der Waals surface area contributed by atoms with Crippen molar-refractivity contribution in [3.05, 3.63) is 53.9 Å². The number of fused-ring (bicyclic) bond motifs is 1. The molecule has 0 aliphatic heterocycles. The van der Waals surface area contributed by atoms with E-state index in [1.807, 2.05) is 42.5 Å². The first-order valence-corrected chi connectivity index (χ1v) is 8.26. The van der Waals surface area contributed by atoms with Gasteiger partial charge in [-0.25, -0.2) is 0 Å². The van der Waals surface area contributed by atoms with Crippen LogP contribution in [0.5, 0.6) is 0 Å². The highest BCUT2D eigenvalue weighted by Crippen LogP contribution is 2.39. The summed E-state index contributed by atoms with van der Waals surface area (Å²) in [5.74, 6) is 1.53. The molecule has 4 rings (SSSR count). The number of nitrogens with zero attached hydrogens (tertiary/aromatic N) is 2. The minimum Gasteiger partial charge on any atom is -0.416 e. The van der Waals surface area contributed by atoms with Crippen LogP contribution in [0.25, 0.3) is 10.8 Å². The zero-order chi connectivity index (χ0) is 14.9. The summed E-state index contributed by atoms with van der Waals surface area (Å²) in [5, 5.41) is 10.7. The van der Waals surface area contributed by atoms with Crippen molar-refractivity contribution in [2.75, 3.05) is 5.75 Å². The van der Waals surface area contributed by atoms with E-state index >= 15 is 0 Å². The number of aromatic nitrogens is 2. The molecule has 0 unspecified atom stereocenters. The number of ketones is 1. The van der Waals surface area contributed by atoms with E-state index in [0.29, 0.717) is 28.3 Å². The van der Waals surface area contributed by atoms with E-state index in [4.69, 9.17) is 4.42 Å². The maximum atomic E-state index is 12.3. The maximum Gasteiger partial charge on any atom is 0.277 e. The SMILES string of the molecule is O=C(CSc1nnc(C2CC2)o1)c1ccc2ccccc2c1. The number of thioether (sulfide) groups is 1. The van der Waals surface area contributed by atoms with Gasteiger partial charge in [-0.2, -0.15) is 0 Å². The van der Waals surface area contributed by atoms with Crippen LogP contribution >= 0.6 is 11.8 Å². The average molecular weight is 310 g/mol. The second kappa shape index (κ2) is 5.57. The largest absolute Gasteiger partial charge is 0.416 e. The van der Waals surface area contributed by atoms with Crippen LogP contribution in [0.15, 0.2) is 52.1 Å². The first-order chi connectivity index (χ1) is 10.8. The minimum atomic E-state index is 0.0712. The molecule has 1 fully saturated rings. The summed E-state index contributed by atoms with van der Waals surface area (Å²) in [4.78, 5) is 12.3. The first-order valence-electron chi connectivity index (χ1n) is 7.28. The van der Waals surface area contributed by atoms with Crippen molar-refractivity contribution in [2.45, 2.75) is 24.0 Å². The van der Waals surface area contributed by atoms with E-state index in [-0.39, 0.29) is 5.78 Å². The fraction of sp³-hybridized carbons (Fsp3) is 0.235. The van der Waals surface area contributed by atoms with Crippen molar-refractivity contribution < 1.29 is 9.21 Å². The lowest BCUT2D eigenvalue weighted by atomic mass is 10.1. The van der Waals surface area contributed by atoms with E-state index < -0.39 is 0 Å². The van der Waals surface area contributed by atoms with Crippen molar-refractivity contribution in [2.24, 2.45) is 0 Å². The molecule has 22 heavy (non-hydrogen) atoms. The lowest BCUT2D eigenvalue weighted by Gasteiger charge is -2.02. The molecule has 110 valence electrons. The van der Waals surface area contributed by atoms with Gasteiger partial charge in [-0.05, 0) is 29.7 Å². The van der Waals surface area contributed by atoms with Crippen molar-refractivity contribution in [1.29, 1.82) is 0 Å². The molecule has 5 heteroatoms. The number of benzene rings is 2. The molecule has 3 aromatic rings. The van der Waals surface area contributed by atoms with Crippen LogP contribution in [0.3, 0.4) is 0 Å². The Hall–Kier alpha value is -2.14. The fourth-order valence-electron chi connectivity index (χ4n) is 2.35. The normalized spacial score (nSPS) is 14.4. The number of hydrogen-bond acceptors (Lipinski definition) is 5. The second-order valence-corrected chi connectivity index (χ2v) is 6.38. The quantitative estimate of drug-likeness (QED) is 0.525. The van der Waals surface area contributed by atoms with Crippen LogP contribution < -0.4 is 0 Å². The summed E-state index contributed by atoms with van der Waals surface area (Å²) in [6, 6.07) is 13.8. The van der Waals surface area contributed by atoms with Gasteiger partial charge in [-0.15, -0.1) is 10.2 Å². The number of Topliss-reactive ketones (excluding diaryl/α,β-unsaturated/α-hetero) is 1. The van der Waals surface area contributed by atoms with Crippen LogP contribution in [0.1, 0.15) is 35.0 Å². The lowest BCUT2D eigenvalue weighted by molar-refractivity contribution is 0.102. The predicted molar refractivity (Wildman–Crippen MR) is 85.3 cm³/mol. The zero-order valence-electron chi connectivity index (χ0n) is 11.9. The molecule has 1 aliphatic rings. The van der Waals surface area contributed by atoms with Crippen LogP contribution in [0, 0.1) is 0 Å². The molecule has 1 heterocycles. The van der Waals surface area contributed by atoms with Crippen molar-refractivity contribution in [1.82, 2.24) is 10.2 Å². The zero-order valence-corrected chi connectivity index (χ0v) is 12.7. The Morgan fingerprint density at radius 1 is 1.14 bits per heavy atom. The van der Waals surface area contributed by atoms with Gasteiger partial charge in [0.05, 0.1) is 5.75 Å². The Morgan fingerprint density at radius 3 is 2.77 bits per heavy atom. The molecule has 4 nitrogen and oxygen atoms in total. The smallest absolute Gasteiger partial charge is 0.277 e. The van der Waals surface area contributed by atoms with Crippen molar-refractivity contribution >= 4 is 28.3 Å². The topological polar surface area (TPSA) is 56.0 Å². The molecule has 0 saturated heterocycles. The van der Waals surface area contributed by atoms with Gasteiger partial charge in [0.15, 0.2) is 5.78 Å². The van der Waals surface area contributed by atoms with Crippen LogP contribution in [-0.4, -0.2) is 21.7 Å². The maximum absolute atomic E-state index is 12.3. The molecular formula is C17H14N2O2S. The van der Waals surface area contributed by atoms with Gasteiger partial charge in [0, 0.05) is 11.5 Å². The van der Waals surface area contributed by atoms with Gasteiger partial charge in [0.2, 0.25) is 5.89 Å². The summed E-state index contributed by atoms with van der Waals surface area (Å²) in [5.41, 5.74) is 0.716.